The predicted molar refractivity (Wildman–Crippen MR) is 89.4 cm³/mol. The van der Waals surface area contributed by atoms with Crippen molar-refractivity contribution in [2.24, 2.45) is 5.92 Å². The number of aliphatic hydroxyl groups is 1. The number of rotatable bonds is 9. The lowest BCUT2D eigenvalue weighted by atomic mass is 9.98. The van der Waals surface area contributed by atoms with Gasteiger partial charge in [0.05, 0.1) is 6.10 Å². The third-order valence-corrected chi connectivity index (χ3v) is 3.89. The highest BCUT2D eigenvalue weighted by molar-refractivity contribution is 5.85. The van der Waals surface area contributed by atoms with Crippen LogP contribution < -0.4 is 5.32 Å². The van der Waals surface area contributed by atoms with E-state index in [0.29, 0.717) is 0 Å². The van der Waals surface area contributed by atoms with Crippen molar-refractivity contribution < 1.29 is 5.11 Å². The van der Waals surface area contributed by atoms with Crippen molar-refractivity contribution in [1.29, 1.82) is 0 Å². The molecule has 0 aliphatic rings. The number of hydrogen-bond acceptors (Lipinski definition) is 2. The number of unbranched alkanes of at least 4 members (excludes halogenated alkanes) is 1. The summed E-state index contributed by atoms with van der Waals surface area (Å²) < 4.78 is 0. The van der Waals surface area contributed by atoms with E-state index in [2.05, 4.69) is 26.1 Å². The molecule has 1 aromatic carbocycles. The standard InChI is InChI=1S/C17H29NO.ClH/c1-4-6-10-15(5-2)13-18-14(3)17(19)16-11-8-7-9-12-16;/h7-9,11-12,14-15,17-19H,4-6,10,13H2,1-3H3;1H. The van der Waals surface area contributed by atoms with Gasteiger partial charge in [-0.05, 0) is 31.4 Å². The number of benzene rings is 1. The first-order valence-corrected chi connectivity index (χ1v) is 7.65. The highest BCUT2D eigenvalue weighted by Gasteiger charge is 2.16. The molecule has 0 saturated carbocycles. The summed E-state index contributed by atoms with van der Waals surface area (Å²) in [7, 11) is 0. The van der Waals surface area contributed by atoms with Gasteiger partial charge in [-0.15, -0.1) is 12.4 Å². The van der Waals surface area contributed by atoms with Crippen LogP contribution >= 0.6 is 12.4 Å². The molecule has 0 radical (unpaired) electrons. The van der Waals surface area contributed by atoms with Gasteiger partial charge >= 0.3 is 0 Å². The normalized spacial score (nSPS) is 15.2. The summed E-state index contributed by atoms with van der Waals surface area (Å²) >= 11 is 0. The van der Waals surface area contributed by atoms with Crippen LogP contribution in [0, 0.1) is 5.92 Å². The Kier molecular flexibility index (Phi) is 10.8. The van der Waals surface area contributed by atoms with E-state index in [4.69, 9.17) is 0 Å². The van der Waals surface area contributed by atoms with E-state index in [1.54, 1.807) is 0 Å². The van der Waals surface area contributed by atoms with Crippen LogP contribution in [-0.4, -0.2) is 17.7 Å². The van der Waals surface area contributed by atoms with E-state index in [1.807, 2.05) is 30.3 Å². The molecule has 0 aromatic heterocycles. The molecule has 3 unspecified atom stereocenters. The maximum absolute atomic E-state index is 10.3. The van der Waals surface area contributed by atoms with Gasteiger partial charge in [0.1, 0.15) is 0 Å². The molecule has 0 aliphatic carbocycles. The first-order chi connectivity index (χ1) is 9.19. The Morgan fingerprint density at radius 1 is 1.15 bits per heavy atom. The molecule has 0 bridgehead atoms. The predicted octanol–water partition coefficient (Wildman–Crippen LogP) is 4.34. The molecule has 0 spiro atoms. The van der Waals surface area contributed by atoms with Gasteiger partial charge < -0.3 is 10.4 Å². The lowest BCUT2D eigenvalue weighted by Gasteiger charge is -2.23. The van der Waals surface area contributed by atoms with Crippen LogP contribution in [-0.2, 0) is 0 Å². The summed E-state index contributed by atoms with van der Waals surface area (Å²) in [6, 6.07) is 9.99. The zero-order valence-corrected chi connectivity index (χ0v) is 13.8. The molecule has 116 valence electrons. The minimum atomic E-state index is -0.426. The van der Waals surface area contributed by atoms with Crippen molar-refractivity contribution in [1.82, 2.24) is 5.32 Å². The minimum Gasteiger partial charge on any atom is -0.387 e. The molecule has 2 nitrogen and oxygen atoms in total. The molecule has 0 fully saturated rings. The van der Waals surface area contributed by atoms with Crippen molar-refractivity contribution in [3.05, 3.63) is 35.9 Å². The molecule has 2 N–H and O–H groups in total. The minimum absolute atomic E-state index is 0. The molecule has 0 amide bonds. The molecular formula is C17H30ClNO. The summed E-state index contributed by atoms with van der Waals surface area (Å²) in [4.78, 5) is 0. The molecule has 0 aliphatic heterocycles. The van der Waals surface area contributed by atoms with Gasteiger partial charge in [-0.3, -0.25) is 0 Å². The van der Waals surface area contributed by atoms with Crippen LogP contribution in [0.2, 0.25) is 0 Å². The molecule has 1 aromatic rings. The highest BCUT2D eigenvalue weighted by atomic mass is 35.5. The average Bonchev–Trinajstić information content (AvgIpc) is 2.47. The van der Waals surface area contributed by atoms with Gasteiger partial charge in [-0.2, -0.15) is 0 Å². The first kappa shape index (κ1) is 19.4. The van der Waals surface area contributed by atoms with Crippen LogP contribution in [0.1, 0.15) is 58.1 Å². The van der Waals surface area contributed by atoms with E-state index in [-0.39, 0.29) is 18.4 Å². The molecule has 1 rings (SSSR count). The van der Waals surface area contributed by atoms with Gasteiger partial charge in [0, 0.05) is 6.04 Å². The SMILES string of the molecule is CCCCC(CC)CNC(C)C(O)c1ccccc1.Cl. The topological polar surface area (TPSA) is 32.3 Å². The maximum Gasteiger partial charge on any atom is 0.0940 e. The first-order valence-electron chi connectivity index (χ1n) is 7.65. The smallest absolute Gasteiger partial charge is 0.0940 e. The lowest BCUT2D eigenvalue weighted by molar-refractivity contribution is 0.133. The van der Waals surface area contributed by atoms with Crippen molar-refractivity contribution in [3.8, 4) is 0 Å². The zero-order valence-electron chi connectivity index (χ0n) is 13.0. The van der Waals surface area contributed by atoms with E-state index in [1.165, 1.54) is 25.7 Å². The average molecular weight is 300 g/mol. The van der Waals surface area contributed by atoms with Gasteiger partial charge in [0.25, 0.3) is 0 Å². The summed E-state index contributed by atoms with van der Waals surface area (Å²) in [6.45, 7) is 7.55. The fraction of sp³-hybridized carbons (Fsp3) is 0.647. The molecular weight excluding hydrogens is 270 g/mol. The second kappa shape index (κ2) is 11.1. The molecule has 3 atom stereocenters. The third kappa shape index (κ3) is 6.74. The van der Waals surface area contributed by atoms with Gasteiger partial charge in [-0.1, -0.05) is 63.4 Å². The number of nitrogens with one attached hydrogen (secondary N) is 1. The van der Waals surface area contributed by atoms with Crippen LogP contribution in [0.25, 0.3) is 0 Å². The molecule has 0 saturated heterocycles. The lowest BCUT2D eigenvalue weighted by Crippen LogP contribution is -2.35. The van der Waals surface area contributed by atoms with Crippen LogP contribution in [0.5, 0.6) is 0 Å². The zero-order chi connectivity index (χ0) is 14.1. The van der Waals surface area contributed by atoms with Gasteiger partial charge in [0.2, 0.25) is 0 Å². The third-order valence-electron chi connectivity index (χ3n) is 3.89. The molecule has 20 heavy (non-hydrogen) atoms. The number of hydrogen-bond donors (Lipinski definition) is 2. The Labute approximate surface area is 130 Å². The van der Waals surface area contributed by atoms with Gasteiger partial charge in [-0.25, -0.2) is 0 Å². The number of halogens is 1. The second-order valence-corrected chi connectivity index (χ2v) is 5.47. The molecule has 3 heteroatoms. The van der Waals surface area contributed by atoms with E-state index in [0.717, 1.165) is 18.0 Å². The fourth-order valence-electron chi connectivity index (χ4n) is 2.35. The van der Waals surface area contributed by atoms with E-state index in [9.17, 15) is 5.11 Å². The largest absolute Gasteiger partial charge is 0.387 e. The quantitative estimate of drug-likeness (QED) is 0.711. The van der Waals surface area contributed by atoms with Crippen molar-refractivity contribution in [3.63, 3.8) is 0 Å². The Balaban J connectivity index is 0.00000361. The maximum atomic E-state index is 10.3. The Hall–Kier alpha value is -0.570. The Morgan fingerprint density at radius 3 is 2.35 bits per heavy atom. The van der Waals surface area contributed by atoms with Crippen LogP contribution in [0.3, 0.4) is 0 Å². The summed E-state index contributed by atoms with van der Waals surface area (Å²) in [5, 5.41) is 13.8. The van der Waals surface area contributed by atoms with E-state index < -0.39 is 6.10 Å². The summed E-state index contributed by atoms with van der Waals surface area (Å²) in [6.07, 6.45) is 4.63. The second-order valence-electron chi connectivity index (χ2n) is 5.47. The Bertz CT molecular complexity index is 331. The van der Waals surface area contributed by atoms with Gasteiger partial charge in [0.15, 0.2) is 0 Å². The van der Waals surface area contributed by atoms with Crippen molar-refractivity contribution in [2.45, 2.75) is 58.6 Å². The fourth-order valence-corrected chi connectivity index (χ4v) is 2.35. The van der Waals surface area contributed by atoms with E-state index >= 15 is 0 Å². The molecule has 0 heterocycles. The monoisotopic (exact) mass is 299 g/mol. The van der Waals surface area contributed by atoms with Crippen molar-refractivity contribution in [2.75, 3.05) is 6.54 Å². The van der Waals surface area contributed by atoms with Crippen LogP contribution in [0.15, 0.2) is 30.3 Å². The summed E-state index contributed by atoms with van der Waals surface area (Å²) in [5.41, 5.74) is 0.990. The van der Waals surface area contributed by atoms with Crippen molar-refractivity contribution >= 4 is 12.4 Å². The van der Waals surface area contributed by atoms with Crippen LogP contribution in [0.4, 0.5) is 0 Å². The number of aliphatic hydroxyl groups excluding tert-OH is 1. The Morgan fingerprint density at radius 2 is 1.80 bits per heavy atom. The highest BCUT2D eigenvalue weighted by Crippen LogP contribution is 2.17. The summed E-state index contributed by atoms with van der Waals surface area (Å²) in [5.74, 6) is 0.727.